The summed E-state index contributed by atoms with van der Waals surface area (Å²) in [6, 6.07) is 0.129. The smallest absolute Gasteiger partial charge is 0.320 e. The van der Waals surface area contributed by atoms with Crippen LogP contribution in [0.3, 0.4) is 0 Å². The van der Waals surface area contributed by atoms with Crippen LogP contribution in [-0.2, 0) is 4.79 Å². The normalized spacial score (nSPS) is 32.7. The number of aliphatic carboxylic acids is 1. The Morgan fingerprint density at radius 2 is 1.95 bits per heavy atom. The first-order chi connectivity index (χ1) is 9.13. The molecule has 2 saturated heterocycles. The van der Waals surface area contributed by atoms with Crippen molar-refractivity contribution in [2.45, 2.75) is 50.2 Å². The molecule has 106 valence electrons. The van der Waals surface area contributed by atoms with E-state index in [1.807, 2.05) is 0 Å². The average molecular weight is 268 g/mol. The third-order valence-corrected chi connectivity index (χ3v) is 4.65. The summed E-state index contributed by atoms with van der Waals surface area (Å²) >= 11 is 0. The molecule has 2 bridgehead atoms. The molecule has 3 atom stereocenters. The summed E-state index contributed by atoms with van der Waals surface area (Å²) in [6.07, 6.45) is 4.29. The molecule has 1 saturated carbocycles. The molecule has 2 N–H and O–H groups in total. The number of aliphatic hydroxyl groups is 1. The molecule has 0 radical (unpaired) electrons. The lowest BCUT2D eigenvalue weighted by molar-refractivity contribution is -0.142. The van der Waals surface area contributed by atoms with Gasteiger partial charge in [0.15, 0.2) is 0 Å². The number of carbonyl (C=O) groups is 2. The van der Waals surface area contributed by atoms with Crippen LogP contribution in [-0.4, -0.2) is 63.3 Å². The van der Waals surface area contributed by atoms with Gasteiger partial charge in [0.05, 0.1) is 12.5 Å². The Balaban J connectivity index is 1.74. The van der Waals surface area contributed by atoms with Gasteiger partial charge in [-0.2, -0.15) is 0 Å². The van der Waals surface area contributed by atoms with Crippen molar-refractivity contribution >= 4 is 12.0 Å². The Morgan fingerprint density at radius 3 is 2.47 bits per heavy atom. The molecule has 6 nitrogen and oxygen atoms in total. The van der Waals surface area contributed by atoms with Gasteiger partial charge in [0.2, 0.25) is 0 Å². The van der Waals surface area contributed by atoms with Gasteiger partial charge >= 0.3 is 12.0 Å². The van der Waals surface area contributed by atoms with Gasteiger partial charge in [-0.3, -0.25) is 4.79 Å². The van der Waals surface area contributed by atoms with E-state index in [1.165, 1.54) is 0 Å². The summed E-state index contributed by atoms with van der Waals surface area (Å²) in [5.41, 5.74) is 0. The number of rotatable bonds is 4. The van der Waals surface area contributed by atoms with Crippen LogP contribution in [0.15, 0.2) is 0 Å². The number of fused-ring (bicyclic) bond motifs is 2. The van der Waals surface area contributed by atoms with E-state index >= 15 is 0 Å². The molecule has 1 aliphatic carbocycles. The molecule has 0 aromatic carbocycles. The van der Waals surface area contributed by atoms with Crippen LogP contribution in [0.4, 0.5) is 4.79 Å². The standard InChI is InChI=1S/C13H20N2O4/c16-6-5-14(8-1-2-8)13(19)15-9-3-4-11(15)10(7-9)12(17)18/h8-11,16H,1-7H2,(H,17,18). The number of hydrogen-bond acceptors (Lipinski definition) is 3. The SMILES string of the molecule is O=C(O)C1CC2CCC1N2C(=O)N(CCO)C1CC1. The van der Waals surface area contributed by atoms with Gasteiger partial charge in [0.25, 0.3) is 0 Å². The second kappa shape index (κ2) is 4.67. The largest absolute Gasteiger partial charge is 0.481 e. The van der Waals surface area contributed by atoms with Crippen molar-refractivity contribution in [3.8, 4) is 0 Å². The van der Waals surface area contributed by atoms with Gasteiger partial charge < -0.3 is 20.0 Å². The average Bonchev–Trinajstić information content (AvgIpc) is 3.06. The van der Waals surface area contributed by atoms with Crippen LogP contribution < -0.4 is 0 Å². The number of nitrogens with zero attached hydrogens (tertiary/aromatic N) is 2. The lowest BCUT2D eigenvalue weighted by Crippen LogP contribution is -2.48. The van der Waals surface area contributed by atoms with Crippen LogP contribution in [0.2, 0.25) is 0 Å². The highest BCUT2D eigenvalue weighted by Gasteiger charge is 2.53. The van der Waals surface area contributed by atoms with E-state index in [4.69, 9.17) is 5.11 Å². The lowest BCUT2D eigenvalue weighted by Gasteiger charge is -2.31. The van der Waals surface area contributed by atoms with E-state index in [0.717, 1.165) is 25.7 Å². The van der Waals surface area contributed by atoms with Crippen molar-refractivity contribution in [1.82, 2.24) is 9.80 Å². The van der Waals surface area contributed by atoms with Crippen molar-refractivity contribution < 1.29 is 19.8 Å². The summed E-state index contributed by atoms with van der Waals surface area (Å²) in [6.45, 7) is 0.324. The fraction of sp³-hybridized carbons (Fsp3) is 0.846. The Morgan fingerprint density at radius 1 is 1.21 bits per heavy atom. The molecule has 2 heterocycles. The minimum Gasteiger partial charge on any atom is -0.481 e. The minimum absolute atomic E-state index is 0.0340. The highest BCUT2D eigenvalue weighted by molar-refractivity contribution is 5.80. The quantitative estimate of drug-likeness (QED) is 0.778. The number of carbonyl (C=O) groups excluding carboxylic acids is 1. The Labute approximate surface area is 112 Å². The van der Waals surface area contributed by atoms with E-state index < -0.39 is 11.9 Å². The third-order valence-electron chi connectivity index (χ3n) is 4.65. The predicted molar refractivity (Wildman–Crippen MR) is 66.6 cm³/mol. The first-order valence-electron chi connectivity index (χ1n) is 7.06. The summed E-state index contributed by atoms with van der Waals surface area (Å²) in [7, 11) is 0. The molecule has 0 spiro atoms. The van der Waals surface area contributed by atoms with Crippen molar-refractivity contribution in [1.29, 1.82) is 0 Å². The monoisotopic (exact) mass is 268 g/mol. The number of carboxylic acid groups (broad SMARTS) is 1. The molecular weight excluding hydrogens is 248 g/mol. The van der Waals surface area contributed by atoms with Gasteiger partial charge in [-0.05, 0) is 32.1 Å². The van der Waals surface area contributed by atoms with E-state index in [9.17, 15) is 14.7 Å². The molecule has 19 heavy (non-hydrogen) atoms. The summed E-state index contributed by atoms with van der Waals surface area (Å²) in [4.78, 5) is 27.3. The molecule has 3 aliphatic rings. The first-order valence-corrected chi connectivity index (χ1v) is 7.06. The van der Waals surface area contributed by atoms with E-state index in [-0.39, 0.29) is 30.8 Å². The highest BCUT2D eigenvalue weighted by atomic mass is 16.4. The molecule has 3 unspecified atom stereocenters. The molecular formula is C13H20N2O4. The summed E-state index contributed by atoms with van der Waals surface area (Å²) in [5, 5.41) is 18.3. The maximum Gasteiger partial charge on any atom is 0.320 e. The Hall–Kier alpha value is -1.30. The number of urea groups is 1. The van der Waals surface area contributed by atoms with Gasteiger partial charge in [0.1, 0.15) is 0 Å². The molecule has 0 aromatic heterocycles. The molecule has 2 aliphatic heterocycles. The minimum atomic E-state index is -0.787. The topological polar surface area (TPSA) is 81.1 Å². The van der Waals surface area contributed by atoms with Crippen molar-refractivity contribution in [3.63, 3.8) is 0 Å². The van der Waals surface area contributed by atoms with Crippen LogP contribution in [0.5, 0.6) is 0 Å². The maximum atomic E-state index is 12.6. The van der Waals surface area contributed by atoms with Crippen LogP contribution in [0.25, 0.3) is 0 Å². The van der Waals surface area contributed by atoms with Crippen LogP contribution in [0, 0.1) is 5.92 Å². The second-order valence-electron chi connectivity index (χ2n) is 5.82. The molecule has 3 rings (SSSR count). The number of aliphatic hydroxyl groups excluding tert-OH is 1. The molecule has 3 fully saturated rings. The van der Waals surface area contributed by atoms with Crippen molar-refractivity contribution in [3.05, 3.63) is 0 Å². The number of amides is 2. The molecule has 2 amide bonds. The van der Waals surface area contributed by atoms with Crippen molar-refractivity contribution in [2.24, 2.45) is 5.92 Å². The zero-order valence-corrected chi connectivity index (χ0v) is 10.9. The van der Waals surface area contributed by atoms with Crippen molar-refractivity contribution in [2.75, 3.05) is 13.2 Å². The van der Waals surface area contributed by atoms with Crippen LogP contribution in [0.1, 0.15) is 32.1 Å². The van der Waals surface area contributed by atoms with Crippen LogP contribution >= 0.6 is 0 Å². The third kappa shape index (κ3) is 2.08. The van der Waals surface area contributed by atoms with Gasteiger partial charge in [-0.25, -0.2) is 4.79 Å². The fourth-order valence-corrected chi connectivity index (χ4v) is 3.63. The Kier molecular flexibility index (Phi) is 3.12. The van der Waals surface area contributed by atoms with E-state index in [1.54, 1.807) is 9.80 Å². The van der Waals surface area contributed by atoms with Gasteiger partial charge in [-0.1, -0.05) is 0 Å². The first kappa shape index (κ1) is 12.7. The maximum absolute atomic E-state index is 12.6. The summed E-state index contributed by atoms with van der Waals surface area (Å²) < 4.78 is 0. The second-order valence-corrected chi connectivity index (χ2v) is 5.82. The molecule has 6 heteroatoms. The number of hydrogen-bond donors (Lipinski definition) is 2. The fourth-order valence-electron chi connectivity index (χ4n) is 3.63. The lowest BCUT2D eigenvalue weighted by atomic mass is 9.89. The highest BCUT2D eigenvalue weighted by Crippen LogP contribution is 2.43. The van der Waals surface area contributed by atoms with Gasteiger partial charge in [-0.15, -0.1) is 0 Å². The predicted octanol–water partition coefficient (Wildman–Crippen LogP) is 0.501. The zero-order valence-electron chi connectivity index (χ0n) is 10.9. The Bertz CT molecular complexity index is 396. The number of carboxylic acids is 1. The van der Waals surface area contributed by atoms with E-state index in [2.05, 4.69) is 0 Å². The summed E-state index contributed by atoms with van der Waals surface area (Å²) in [5.74, 6) is -1.19. The molecule has 0 aromatic rings. The zero-order chi connectivity index (χ0) is 13.6. The van der Waals surface area contributed by atoms with E-state index in [0.29, 0.717) is 13.0 Å². The van der Waals surface area contributed by atoms with Gasteiger partial charge in [0, 0.05) is 24.7 Å².